The van der Waals surface area contributed by atoms with Crippen LogP contribution in [-0.4, -0.2) is 70.3 Å². The van der Waals surface area contributed by atoms with Gasteiger partial charge >= 0.3 is 19.1 Å². The van der Waals surface area contributed by atoms with E-state index >= 15 is 0 Å². The van der Waals surface area contributed by atoms with E-state index in [0.717, 1.165) is 0 Å². The van der Waals surface area contributed by atoms with Crippen LogP contribution in [0.5, 0.6) is 0 Å². The maximum absolute atomic E-state index is 12.7. The molecule has 2 heterocycles. The monoisotopic (exact) mass is 410 g/mol. The summed E-state index contributed by atoms with van der Waals surface area (Å²) in [6.07, 6.45) is 5.57. The van der Waals surface area contributed by atoms with Gasteiger partial charge in [0.15, 0.2) is 5.71 Å². The molecule has 0 radical (unpaired) electrons. The molecule has 0 fully saturated rings. The minimum absolute atomic E-state index is 0.111. The predicted molar refractivity (Wildman–Crippen MR) is 101 cm³/mol. The Labute approximate surface area is 165 Å². The number of amides is 1. The number of rotatable bonds is 8. The largest absolute Gasteiger partial charge is 0.481 e. The van der Waals surface area contributed by atoms with Gasteiger partial charge in [-0.3, -0.25) is 9.59 Å². The van der Waals surface area contributed by atoms with Crippen LogP contribution in [0, 0.1) is 0 Å². The normalized spacial score (nSPS) is 22.2. The van der Waals surface area contributed by atoms with Gasteiger partial charge in [0, 0.05) is 5.75 Å². The Hall–Kier alpha value is -2.57. The summed E-state index contributed by atoms with van der Waals surface area (Å²) in [6, 6.07) is 0. The molecule has 0 aromatic heterocycles. The average molecular weight is 410 g/mol. The summed E-state index contributed by atoms with van der Waals surface area (Å²) in [4.78, 5) is 38.8. The van der Waals surface area contributed by atoms with Crippen molar-refractivity contribution >= 4 is 42.4 Å². The highest BCUT2D eigenvalue weighted by molar-refractivity contribution is 8.02. The Kier molecular flexibility index (Phi) is 8.29. The first-order valence-corrected chi connectivity index (χ1v) is 9.34. The van der Waals surface area contributed by atoms with Crippen molar-refractivity contribution < 1.29 is 39.1 Å². The second-order valence-electron chi connectivity index (χ2n) is 5.85. The number of carbonyl (C=O) groups is 3. The Balaban J connectivity index is 2.08. The van der Waals surface area contributed by atoms with E-state index in [0.29, 0.717) is 11.3 Å². The molecule has 0 aromatic carbocycles. The fraction of sp³-hybridized carbons (Fsp3) is 0.375. The maximum Gasteiger partial charge on any atom is 0.478 e. The van der Waals surface area contributed by atoms with Gasteiger partial charge in [0.25, 0.3) is 5.91 Å². The molecule has 2 atom stereocenters. The number of carbonyl (C=O) groups excluding carboxylic acids is 1. The van der Waals surface area contributed by atoms with Crippen LogP contribution < -0.4 is 5.32 Å². The molecule has 4 N–H and O–H groups in total. The van der Waals surface area contributed by atoms with E-state index in [1.807, 2.05) is 5.41 Å². The number of allylic oxidation sites excluding steroid dienone is 2. The number of hydrogen-bond donors (Lipinski definition) is 4. The zero-order valence-corrected chi connectivity index (χ0v) is 15.5. The van der Waals surface area contributed by atoms with Gasteiger partial charge in [-0.15, -0.1) is 11.8 Å². The molecule has 0 saturated heterocycles. The maximum atomic E-state index is 12.7. The van der Waals surface area contributed by atoms with Crippen LogP contribution in [0.3, 0.4) is 0 Å². The number of carboxylic acids is 2. The summed E-state index contributed by atoms with van der Waals surface area (Å²) in [5.74, 6) is -3.41. The fourth-order valence-corrected chi connectivity index (χ4v) is 3.11. The van der Waals surface area contributed by atoms with Crippen molar-refractivity contribution in [1.82, 2.24) is 5.32 Å². The molecule has 0 aromatic rings. The van der Waals surface area contributed by atoms with Crippen LogP contribution in [0.4, 0.5) is 0 Å². The van der Waals surface area contributed by atoms with Gasteiger partial charge in [0.2, 0.25) is 6.61 Å². The fourth-order valence-electron chi connectivity index (χ4n) is 2.41. The summed E-state index contributed by atoms with van der Waals surface area (Å²) >= 11 is 1.42. The Morgan fingerprint density at radius 2 is 2.14 bits per heavy atom. The lowest BCUT2D eigenvalue weighted by Gasteiger charge is -2.21. The zero-order chi connectivity index (χ0) is 20.5. The number of thioether (sulfide) groups is 1. The molecule has 0 bridgehead atoms. The molecule has 0 spiro atoms. The highest BCUT2D eigenvalue weighted by Gasteiger charge is 2.34. The van der Waals surface area contributed by atoms with Crippen molar-refractivity contribution in [2.45, 2.75) is 24.9 Å². The Morgan fingerprint density at radius 3 is 2.79 bits per heavy atom. The molecule has 10 nitrogen and oxygen atoms in total. The van der Waals surface area contributed by atoms with Crippen molar-refractivity contribution in [2.24, 2.45) is 5.16 Å². The summed E-state index contributed by atoms with van der Waals surface area (Å²) in [5.41, 5.74) is 0.416. The predicted octanol–water partition coefficient (Wildman–Crippen LogP) is -0.0452. The topological polar surface area (TPSA) is 155 Å². The van der Waals surface area contributed by atoms with Gasteiger partial charge in [-0.1, -0.05) is 29.5 Å². The summed E-state index contributed by atoms with van der Waals surface area (Å²) in [6.45, 7) is -0.707. The molecule has 2 aliphatic heterocycles. The second-order valence-corrected chi connectivity index (χ2v) is 6.74. The molecule has 0 aliphatic carbocycles. The SMILES string of the molecule is O=C(O)CO/N=C(/C(=O)N[C@H]1CC=C[C@H](CC(=O)O)OB1O)C1=CC=CSC1. The molecular weight excluding hydrogens is 391 g/mol. The van der Waals surface area contributed by atoms with Crippen LogP contribution in [0.1, 0.15) is 12.8 Å². The summed E-state index contributed by atoms with van der Waals surface area (Å²) in [7, 11) is -1.43. The summed E-state index contributed by atoms with van der Waals surface area (Å²) in [5, 5.41) is 35.7. The third kappa shape index (κ3) is 6.87. The minimum atomic E-state index is -1.43. The zero-order valence-electron chi connectivity index (χ0n) is 14.7. The molecule has 28 heavy (non-hydrogen) atoms. The highest BCUT2D eigenvalue weighted by atomic mass is 32.2. The van der Waals surface area contributed by atoms with E-state index in [9.17, 15) is 19.4 Å². The van der Waals surface area contributed by atoms with E-state index in [-0.39, 0.29) is 18.6 Å². The third-order valence-electron chi connectivity index (χ3n) is 3.67. The second kappa shape index (κ2) is 10.7. The van der Waals surface area contributed by atoms with Gasteiger partial charge in [-0.05, 0) is 17.4 Å². The third-order valence-corrected chi connectivity index (χ3v) is 4.49. The molecule has 2 rings (SSSR count). The van der Waals surface area contributed by atoms with Crippen LogP contribution in [0.25, 0.3) is 0 Å². The van der Waals surface area contributed by atoms with Crippen LogP contribution in [0.2, 0.25) is 0 Å². The van der Waals surface area contributed by atoms with E-state index in [1.165, 1.54) is 17.8 Å². The van der Waals surface area contributed by atoms with E-state index < -0.39 is 43.6 Å². The van der Waals surface area contributed by atoms with Gasteiger partial charge in [0.05, 0.1) is 18.5 Å². The lowest BCUT2D eigenvalue weighted by molar-refractivity contribution is -0.142. The van der Waals surface area contributed by atoms with Crippen molar-refractivity contribution in [3.05, 3.63) is 35.3 Å². The first-order valence-electron chi connectivity index (χ1n) is 8.29. The molecule has 0 unspecified atom stereocenters. The molecule has 0 saturated carbocycles. The van der Waals surface area contributed by atoms with E-state index in [4.69, 9.17) is 19.7 Å². The lowest BCUT2D eigenvalue weighted by Crippen LogP contribution is -2.50. The highest BCUT2D eigenvalue weighted by Crippen LogP contribution is 2.18. The first kappa shape index (κ1) is 21.7. The van der Waals surface area contributed by atoms with E-state index in [1.54, 1.807) is 18.2 Å². The van der Waals surface area contributed by atoms with Crippen molar-refractivity contribution in [3.8, 4) is 0 Å². The van der Waals surface area contributed by atoms with Crippen molar-refractivity contribution in [1.29, 1.82) is 0 Å². The summed E-state index contributed by atoms with van der Waals surface area (Å²) < 4.78 is 5.27. The lowest BCUT2D eigenvalue weighted by atomic mass is 9.77. The molecule has 2 aliphatic rings. The smallest absolute Gasteiger partial charge is 0.478 e. The Bertz CT molecular complexity index is 736. The van der Waals surface area contributed by atoms with E-state index in [2.05, 4.69) is 10.5 Å². The van der Waals surface area contributed by atoms with Crippen LogP contribution in [0.15, 0.2) is 40.4 Å². The number of carboxylic acid groups (broad SMARTS) is 2. The quantitative estimate of drug-likeness (QED) is 0.187. The van der Waals surface area contributed by atoms with Gasteiger partial charge < -0.3 is 30.0 Å². The molecule has 150 valence electrons. The molecule has 1 amide bonds. The van der Waals surface area contributed by atoms with Gasteiger partial charge in [0.1, 0.15) is 0 Å². The molecule has 12 heteroatoms. The first-order chi connectivity index (χ1) is 13.4. The van der Waals surface area contributed by atoms with Crippen LogP contribution in [-0.2, 0) is 23.9 Å². The average Bonchev–Trinajstić information content (AvgIpc) is 2.80. The Morgan fingerprint density at radius 1 is 1.36 bits per heavy atom. The number of nitrogens with zero attached hydrogens (tertiary/aromatic N) is 1. The number of hydrogen-bond acceptors (Lipinski definition) is 8. The van der Waals surface area contributed by atoms with Gasteiger partial charge in [-0.2, -0.15) is 0 Å². The van der Waals surface area contributed by atoms with Gasteiger partial charge in [-0.25, -0.2) is 4.79 Å². The number of oxime groups is 1. The van der Waals surface area contributed by atoms with Crippen molar-refractivity contribution in [2.75, 3.05) is 12.4 Å². The van der Waals surface area contributed by atoms with Crippen LogP contribution >= 0.6 is 11.8 Å². The van der Waals surface area contributed by atoms with Crippen molar-refractivity contribution in [3.63, 3.8) is 0 Å². The number of aliphatic carboxylic acids is 2. The minimum Gasteiger partial charge on any atom is -0.481 e. The standard InChI is InChI=1S/C16H19BN2O8S/c20-13(21)7-11-4-1-5-12(17(25)27-11)18-16(24)15(19-26-8-14(22)23)10-3-2-6-28-9-10/h1-4,6,11-12,25H,5,7-9H2,(H,18,24)(H,20,21)(H,22,23)/b19-15+/t11-,12+/m1/s1. The number of nitrogens with one attached hydrogen (secondary N) is 1. The molecular formula is C16H19BN2O8S.